The highest BCUT2D eigenvalue weighted by atomic mass is 16.5. The lowest BCUT2D eigenvalue weighted by atomic mass is 10.0. The maximum atomic E-state index is 11.2. The van der Waals surface area contributed by atoms with Crippen LogP contribution in [0.5, 0.6) is 0 Å². The van der Waals surface area contributed by atoms with Gasteiger partial charge in [-0.15, -0.1) is 0 Å². The van der Waals surface area contributed by atoms with E-state index in [-0.39, 0.29) is 0 Å². The summed E-state index contributed by atoms with van der Waals surface area (Å²) in [6.45, 7) is 6.16. The molecule has 1 N–H and O–H groups in total. The summed E-state index contributed by atoms with van der Waals surface area (Å²) in [6, 6.07) is 17.5. The van der Waals surface area contributed by atoms with Gasteiger partial charge in [0.25, 0.3) is 0 Å². The van der Waals surface area contributed by atoms with Crippen LogP contribution in [0.25, 0.3) is 11.1 Å². The van der Waals surface area contributed by atoms with Crippen LogP contribution < -0.4 is 5.32 Å². The minimum Gasteiger partial charge on any atom is -0.453 e. The van der Waals surface area contributed by atoms with Crippen LogP contribution in [0.3, 0.4) is 0 Å². The number of hydrogen-bond acceptors (Lipinski definition) is 3. The molecule has 1 fully saturated rings. The number of nitrogens with zero attached hydrogens (tertiary/aromatic N) is 1. The number of likely N-dealkylation sites (tertiary alicyclic amines) is 1. The van der Waals surface area contributed by atoms with Crippen molar-refractivity contribution in [3.05, 3.63) is 54.6 Å². The Morgan fingerprint density at radius 3 is 2.25 bits per heavy atom. The van der Waals surface area contributed by atoms with E-state index < -0.39 is 6.09 Å². The summed E-state index contributed by atoms with van der Waals surface area (Å²) in [5.74, 6) is 0. The van der Waals surface area contributed by atoms with Crippen molar-refractivity contribution in [3.63, 3.8) is 0 Å². The van der Waals surface area contributed by atoms with E-state index in [4.69, 9.17) is 0 Å². The lowest BCUT2D eigenvalue weighted by molar-refractivity contribution is 0.187. The van der Waals surface area contributed by atoms with Crippen LogP contribution in [0.1, 0.15) is 19.8 Å². The molecule has 1 heterocycles. The fraction of sp³-hybridized carbons (Fsp3) is 0.350. The molecule has 24 heavy (non-hydrogen) atoms. The maximum Gasteiger partial charge on any atom is 0.411 e. The predicted octanol–water partition coefficient (Wildman–Crippen LogP) is 4.63. The van der Waals surface area contributed by atoms with Crippen LogP contribution in [0, 0.1) is 0 Å². The molecule has 0 spiro atoms. The van der Waals surface area contributed by atoms with Crippen molar-refractivity contribution < 1.29 is 9.53 Å². The molecule has 128 valence electrons. The predicted molar refractivity (Wildman–Crippen MR) is 99.3 cm³/mol. The van der Waals surface area contributed by atoms with E-state index in [0.717, 1.165) is 16.8 Å². The highest BCUT2D eigenvalue weighted by Crippen LogP contribution is 2.27. The van der Waals surface area contributed by atoms with Gasteiger partial charge in [0, 0.05) is 5.56 Å². The Balaban J connectivity index is 0.000000249. The van der Waals surface area contributed by atoms with Crippen LogP contribution in [0.4, 0.5) is 10.5 Å². The van der Waals surface area contributed by atoms with E-state index in [1.54, 1.807) is 0 Å². The lowest BCUT2D eigenvalue weighted by Crippen LogP contribution is -2.17. The van der Waals surface area contributed by atoms with Crippen molar-refractivity contribution in [1.82, 2.24) is 4.90 Å². The molecule has 0 unspecified atom stereocenters. The number of amides is 1. The third-order valence-electron chi connectivity index (χ3n) is 4.08. The molecule has 0 saturated carbocycles. The highest BCUT2D eigenvalue weighted by molar-refractivity contribution is 5.91. The van der Waals surface area contributed by atoms with Crippen LogP contribution in [0.15, 0.2) is 54.6 Å². The Labute approximate surface area is 144 Å². The molecule has 0 aromatic heterocycles. The van der Waals surface area contributed by atoms with Gasteiger partial charge in [0.2, 0.25) is 0 Å². The maximum absolute atomic E-state index is 11.2. The second-order valence-corrected chi connectivity index (χ2v) is 5.67. The molecule has 0 atom stereocenters. The third-order valence-corrected chi connectivity index (χ3v) is 4.08. The van der Waals surface area contributed by atoms with Gasteiger partial charge in [-0.2, -0.15) is 0 Å². The lowest BCUT2D eigenvalue weighted by Gasteiger charge is -2.10. The number of methoxy groups -OCH3 is 1. The number of para-hydroxylation sites is 1. The van der Waals surface area contributed by atoms with E-state index in [1.807, 2.05) is 54.6 Å². The van der Waals surface area contributed by atoms with Gasteiger partial charge in [-0.1, -0.05) is 55.5 Å². The fourth-order valence-corrected chi connectivity index (χ4v) is 2.72. The summed E-state index contributed by atoms with van der Waals surface area (Å²) in [5, 5.41) is 2.70. The van der Waals surface area contributed by atoms with Crippen LogP contribution in [0.2, 0.25) is 0 Å². The Morgan fingerprint density at radius 2 is 1.67 bits per heavy atom. The second kappa shape index (κ2) is 9.73. The normalized spacial score (nSPS) is 13.8. The van der Waals surface area contributed by atoms with E-state index >= 15 is 0 Å². The number of carbonyl (C=O) groups excluding carboxylic acids is 1. The molecular formula is C20H26N2O2. The zero-order valence-corrected chi connectivity index (χ0v) is 14.5. The summed E-state index contributed by atoms with van der Waals surface area (Å²) in [7, 11) is 1.35. The molecule has 0 bridgehead atoms. The molecule has 1 saturated heterocycles. The van der Waals surface area contributed by atoms with E-state index in [2.05, 4.69) is 21.9 Å². The van der Waals surface area contributed by atoms with Gasteiger partial charge < -0.3 is 9.64 Å². The van der Waals surface area contributed by atoms with Crippen LogP contribution in [-0.2, 0) is 4.74 Å². The SMILES string of the molecule is CCN1CCCC1.COC(=O)Nc1ccccc1-c1ccccc1. The number of benzene rings is 2. The second-order valence-electron chi connectivity index (χ2n) is 5.67. The molecule has 1 aliphatic heterocycles. The molecule has 1 amide bonds. The minimum absolute atomic E-state index is 0.464. The number of anilines is 1. The van der Waals surface area contributed by atoms with Crippen molar-refractivity contribution in [1.29, 1.82) is 0 Å². The van der Waals surface area contributed by atoms with Crippen LogP contribution in [-0.4, -0.2) is 37.7 Å². The average Bonchev–Trinajstić information content (AvgIpc) is 3.17. The van der Waals surface area contributed by atoms with E-state index in [0.29, 0.717) is 0 Å². The molecule has 4 heteroatoms. The van der Waals surface area contributed by atoms with Crippen molar-refractivity contribution in [2.45, 2.75) is 19.8 Å². The number of ether oxygens (including phenoxy) is 1. The van der Waals surface area contributed by atoms with Gasteiger partial charge in [-0.25, -0.2) is 4.79 Å². The summed E-state index contributed by atoms with van der Waals surface area (Å²) in [6.07, 6.45) is 2.38. The summed E-state index contributed by atoms with van der Waals surface area (Å²) < 4.78 is 4.59. The minimum atomic E-state index is -0.464. The van der Waals surface area contributed by atoms with Gasteiger partial charge in [-0.3, -0.25) is 5.32 Å². The molecule has 2 aromatic carbocycles. The largest absolute Gasteiger partial charge is 0.453 e. The average molecular weight is 326 g/mol. The number of carbonyl (C=O) groups is 1. The number of rotatable bonds is 3. The van der Waals surface area contributed by atoms with E-state index in [9.17, 15) is 4.79 Å². The zero-order chi connectivity index (χ0) is 17.2. The van der Waals surface area contributed by atoms with Crippen molar-refractivity contribution in [2.24, 2.45) is 0 Å². The standard InChI is InChI=1S/C14H13NO2.C6H13N/c1-17-14(16)15-13-10-6-5-9-12(13)11-7-3-2-4-8-11;1-2-7-5-3-4-6-7/h2-10H,1H3,(H,15,16);2-6H2,1H3. The smallest absolute Gasteiger partial charge is 0.411 e. The van der Waals surface area contributed by atoms with Gasteiger partial charge in [-0.05, 0) is 44.1 Å². The summed E-state index contributed by atoms with van der Waals surface area (Å²) in [5.41, 5.74) is 2.77. The molecular weight excluding hydrogens is 300 g/mol. The molecule has 2 aromatic rings. The monoisotopic (exact) mass is 326 g/mol. The Hall–Kier alpha value is -2.33. The summed E-state index contributed by atoms with van der Waals surface area (Å²) in [4.78, 5) is 13.7. The zero-order valence-electron chi connectivity index (χ0n) is 14.5. The molecule has 0 aliphatic carbocycles. The number of nitrogens with one attached hydrogen (secondary N) is 1. The van der Waals surface area contributed by atoms with Gasteiger partial charge >= 0.3 is 6.09 Å². The van der Waals surface area contributed by atoms with Crippen LogP contribution >= 0.6 is 0 Å². The summed E-state index contributed by atoms with van der Waals surface area (Å²) >= 11 is 0. The first-order valence-corrected chi connectivity index (χ1v) is 8.46. The van der Waals surface area contributed by atoms with Gasteiger partial charge in [0.05, 0.1) is 12.8 Å². The Kier molecular flexibility index (Phi) is 7.30. The Bertz CT molecular complexity index is 623. The van der Waals surface area contributed by atoms with E-state index in [1.165, 1.54) is 39.6 Å². The first-order valence-electron chi connectivity index (χ1n) is 8.46. The molecule has 0 radical (unpaired) electrons. The molecule has 1 aliphatic rings. The topological polar surface area (TPSA) is 41.6 Å². The first-order chi connectivity index (χ1) is 11.7. The molecule has 3 rings (SSSR count). The molecule has 4 nitrogen and oxygen atoms in total. The van der Waals surface area contributed by atoms with Gasteiger partial charge in [0.1, 0.15) is 0 Å². The van der Waals surface area contributed by atoms with Crippen molar-refractivity contribution in [2.75, 3.05) is 32.1 Å². The number of hydrogen-bond donors (Lipinski definition) is 1. The van der Waals surface area contributed by atoms with Crippen molar-refractivity contribution in [3.8, 4) is 11.1 Å². The third kappa shape index (κ3) is 5.39. The fourth-order valence-electron chi connectivity index (χ4n) is 2.72. The highest BCUT2D eigenvalue weighted by Gasteiger charge is 2.07. The quantitative estimate of drug-likeness (QED) is 0.894. The van der Waals surface area contributed by atoms with Gasteiger partial charge in [0.15, 0.2) is 0 Å². The Morgan fingerprint density at radius 1 is 1.04 bits per heavy atom. The van der Waals surface area contributed by atoms with Crippen molar-refractivity contribution >= 4 is 11.8 Å². The first kappa shape index (κ1) is 18.0.